The van der Waals surface area contributed by atoms with Gasteiger partial charge < -0.3 is 19.5 Å². The lowest BCUT2D eigenvalue weighted by atomic mass is 9.88. The summed E-state index contributed by atoms with van der Waals surface area (Å²) in [6, 6.07) is 0.260. The highest BCUT2D eigenvalue weighted by Gasteiger charge is 2.42. The van der Waals surface area contributed by atoms with Crippen LogP contribution in [0.25, 0.3) is 0 Å². The molecule has 0 bridgehead atoms. The minimum Gasteiger partial charge on any atom is -0.483 e. The number of rotatable bonds is 3. The fraction of sp³-hybridized carbons (Fsp3) is 0.625. The maximum atomic E-state index is 12.3. The Hall–Kier alpha value is -2.38. The van der Waals surface area contributed by atoms with Crippen molar-refractivity contribution in [2.75, 3.05) is 20.6 Å². The summed E-state index contributed by atoms with van der Waals surface area (Å²) < 4.78 is 1.79. The molecule has 8 nitrogen and oxygen atoms in total. The van der Waals surface area contributed by atoms with Gasteiger partial charge in [-0.25, -0.2) is 4.98 Å². The number of hydrogen-bond acceptors (Lipinski definition) is 4. The summed E-state index contributed by atoms with van der Waals surface area (Å²) in [7, 11) is 3.76. The zero-order valence-corrected chi connectivity index (χ0v) is 14.0. The Bertz CT molecular complexity index is 575. The highest BCUT2D eigenvalue weighted by atomic mass is 16.3. The normalized spacial score (nSPS) is 25.5. The predicted octanol–water partition coefficient (Wildman–Crippen LogP) is 0.299. The summed E-state index contributed by atoms with van der Waals surface area (Å²) in [5.41, 5.74) is 0. The maximum absolute atomic E-state index is 12.3. The third-order valence-corrected chi connectivity index (χ3v) is 5.01. The number of likely N-dealkylation sites (tertiary alicyclic amines) is 1. The third kappa shape index (κ3) is 4.12. The van der Waals surface area contributed by atoms with Crippen molar-refractivity contribution >= 4 is 18.3 Å². The lowest BCUT2D eigenvalue weighted by Gasteiger charge is -2.31. The first-order valence-electron chi connectivity index (χ1n) is 7.99. The molecule has 24 heavy (non-hydrogen) atoms. The Morgan fingerprint density at radius 1 is 1.46 bits per heavy atom. The molecule has 1 aromatic heterocycles. The number of aromatic nitrogens is 2. The van der Waals surface area contributed by atoms with Gasteiger partial charge in [0, 0.05) is 45.5 Å². The first-order valence-corrected chi connectivity index (χ1v) is 7.99. The quantitative estimate of drug-likeness (QED) is 0.801. The van der Waals surface area contributed by atoms with Crippen LogP contribution < -0.4 is 0 Å². The molecule has 1 aliphatic heterocycles. The second-order valence-corrected chi connectivity index (χ2v) is 6.47. The zero-order chi connectivity index (χ0) is 17.7. The van der Waals surface area contributed by atoms with E-state index in [1.807, 2.05) is 23.9 Å². The van der Waals surface area contributed by atoms with Crippen LogP contribution in [0, 0.1) is 11.8 Å². The molecular formula is C16H24N4O4. The van der Waals surface area contributed by atoms with E-state index in [0.29, 0.717) is 24.8 Å². The van der Waals surface area contributed by atoms with E-state index in [4.69, 9.17) is 9.90 Å². The Balaban J connectivity index is 0.000000647. The minimum atomic E-state index is -0.250. The second-order valence-electron chi connectivity index (χ2n) is 6.47. The van der Waals surface area contributed by atoms with Crippen LogP contribution in [0.4, 0.5) is 0 Å². The predicted molar refractivity (Wildman–Crippen MR) is 85.9 cm³/mol. The van der Waals surface area contributed by atoms with Gasteiger partial charge in [-0.15, -0.1) is 0 Å². The largest absolute Gasteiger partial charge is 0.483 e. The van der Waals surface area contributed by atoms with E-state index in [-0.39, 0.29) is 24.3 Å². The first kappa shape index (κ1) is 18.0. The molecule has 3 atom stereocenters. The van der Waals surface area contributed by atoms with E-state index < -0.39 is 0 Å². The van der Waals surface area contributed by atoms with Gasteiger partial charge in [0.2, 0.25) is 11.8 Å². The molecule has 1 N–H and O–H groups in total. The molecule has 1 saturated carbocycles. The number of amides is 2. The third-order valence-electron chi connectivity index (χ3n) is 5.01. The molecule has 0 radical (unpaired) electrons. The Labute approximate surface area is 141 Å². The molecule has 0 unspecified atom stereocenters. The Morgan fingerprint density at radius 3 is 2.75 bits per heavy atom. The lowest BCUT2D eigenvalue weighted by Crippen LogP contribution is -2.40. The molecule has 2 fully saturated rings. The highest BCUT2D eigenvalue weighted by molar-refractivity contribution is 5.77. The highest BCUT2D eigenvalue weighted by Crippen LogP contribution is 2.40. The summed E-state index contributed by atoms with van der Waals surface area (Å²) in [5, 5.41) is 6.89. The molecule has 3 rings (SSSR count). The summed E-state index contributed by atoms with van der Waals surface area (Å²) in [4.78, 5) is 40.1. The molecule has 8 heteroatoms. The number of piperidine rings is 1. The molecule has 1 aromatic rings. The smallest absolute Gasteiger partial charge is 0.290 e. The van der Waals surface area contributed by atoms with Crippen LogP contribution >= 0.6 is 0 Å². The van der Waals surface area contributed by atoms with Crippen LogP contribution in [0.5, 0.6) is 0 Å². The van der Waals surface area contributed by atoms with Crippen molar-refractivity contribution in [2.24, 2.45) is 11.8 Å². The Morgan fingerprint density at radius 2 is 2.12 bits per heavy atom. The number of fused-ring (bicyclic) bond motifs is 1. The van der Waals surface area contributed by atoms with E-state index >= 15 is 0 Å². The lowest BCUT2D eigenvalue weighted by molar-refractivity contribution is -0.135. The van der Waals surface area contributed by atoms with Gasteiger partial charge in [0.15, 0.2) is 0 Å². The minimum absolute atomic E-state index is 0.108. The van der Waals surface area contributed by atoms with Crippen molar-refractivity contribution in [3.63, 3.8) is 0 Å². The monoisotopic (exact) mass is 336 g/mol. The number of carbonyl (C=O) groups is 3. The molecule has 0 aromatic carbocycles. The molecule has 2 aliphatic rings. The summed E-state index contributed by atoms with van der Waals surface area (Å²) in [6.07, 6.45) is 7.74. The van der Waals surface area contributed by atoms with Crippen LogP contribution in [0.1, 0.15) is 19.3 Å². The first-order chi connectivity index (χ1) is 11.5. The number of carbonyl (C=O) groups excluding carboxylic acids is 2. The van der Waals surface area contributed by atoms with Gasteiger partial charge in [0.05, 0.1) is 6.33 Å². The number of imidazole rings is 1. The average molecular weight is 336 g/mol. The van der Waals surface area contributed by atoms with Crippen molar-refractivity contribution in [2.45, 2.75) is 31.8 Å². The molecular weight excluding hydrogens is 312 g/mol. The van der Waals surface area contributed by atoms with Gasteiger partial charge in [-0.1, -0.05) is 0 Å². The number of hydrogen-bond donors (Lipinski definition) is 1. The summed E-state index contributed by atoms with van der Waals surface area (Å²) in [5.74, 6) is 1.34. The van der Waals surface area contributed by atoms with E-state index in [0.717, 1.165) is 19.4 Å². The van der Waals surface area contributed by atoms with Gasteiger partial charge >= 0.3 is 0 Å². The van der Waals surface area contributed by atoms with Crippen molar-refractivity contribution in [1.29, 1.82) is 0 Å². The van der Waals surface area contributed by atoms with Crippen molar-refractivity contribution in [3.8, 4) is 0 Å². The Kier molecular flexibility index (Phi) is 5.94. The molecule has 0 spiro atoms. The molecule has 1 aliphatic carbocycles. The van der Waals surface area contributed by atoms with Gasteiger partial charge in [-0.2, -0.15) is 0 Å². The average Bonchev–Trinajstić information content (AvgIpc) is 3.17. The van der Waals surface area contributed by atoms with Crippen LogP contribution in [0.3, 0.4) is 0 Å². The van der Waals surface area contributed by atoms with Crippen molar-refractivity contribution < 1.29 is 19.5 Å². The van der Waals surface area contributed by atoms with E-state index in [9.17, 15) is 9.59 Å². The van der Waals surface area contributed by atoms with Crippen molar-refractivity contribution in [3.05, 3.63) is 18.7 Å². The molecule has 2 heterocycles. The van der Waals surface area contributed by atoms with E-state index in [2.05, 4.69) is 4.98 Å². The topological polar surface area (TPSA) is 95.7 Å². The summed E-state index contributed by atoms with van der Waals surface area (Å²) in [6.45, 7) is 0.921. The van der Waals surface area contributed by atoms with Gasteiger partial charge in [-0.3, -0.25) is 14.4 Å². The number of likely N-dealkylation sites (N-methyl/N-ethyl adjacent to an activating group) is 1. The standard InChI is InChI=1S/C15H22N4O2.CH2O2/c1-17-8-12-6-13(5-11(12)7-14(17)20)18(2)15(21)9-19-4-3-16-10-19;2-1-3/h3-4,10-13H,5-9H2,1-2H3;1H,(H,2,3)/t11-,12+,13-;/m0./s1. The van der Waals surface area contributed by atoms with Crippen LogP contribution in [0.2, 0.25) is 0 Å². The SMILES string of the molecule is CN1C[C@H]2C[C@@H](N(C)C(=O)Cn3ccnc3)C[C@H]2CC1=O.O=CO. The van der Waals surface area contributed by atoms with Crippen LogP contribution in [-0.2, 0) is 20.9 Å². The molecule has 2 amide bonds. The van der Waals surface area contributed by atoms with Gasteiger partial charge in [0.1, 0.15) is 6.54 Å². The van der Waals surface area contributed by atoms with Crippen molar-refractivity contribution in [1.82, 2.24) is 19.4 Å². The van der Waals surface area contributed by atoms with Gasteiger partial charge in [-0.05, 0) is 24.7 Å². The number of nitrogens with zero attached hydrogens (tertiary/aromatic N) is 4. The fourth-order valence-corrected chi connectivity index (χ4v) is 3.66. The molecule has 1 saturated heterocycles. The van der Waals surface area contributed by atoms with Gasteiger partial charge in [0.25, 0.3) is 6.47 Å². The fourth-order valence-electron chi connectivity index (χ4n) is 3.66. The van der Waals surface area contributed by atoms with E-state index in [1.165, 1.54) is 0 Å². The maximum Gasteiger partial charge on any atom is 0.290 e. The van der Waals surface area contributed by atoms with E-state index in [1.54, 1.807) is 23.3 Å². The van der Waals surface area contributed by atoms with Crippen LogP contribution in [-0.4, -0.2) is 69.4 Å². The molecule has 132 valence electrons. The zero-order valence-electron chi connectivity index (χ0n) is 14.0. The second kappa shape index (κ2) is 7.94. The summed E-state index contributed by atoms with van der Waals surface area (Å²) >= 11 is 0. The number of carboxylic acid groups (broad SMARTS) is 1. The van der Waals surface area contributed by atoms with Crippen LogP contribution in [0.15, 0.2) is 18.7 Å².